The number of nitrogens with one attached hydrogen (secondary N) is 1. The lowest BCUT2D eigenvalue weighted by Crippen LogP contribution is -2.45. The predicted octanol–water partition coefficient (Wildman–Crippen LogP) is 2.37. The standard InChI is InChI=1S/C17H18FN3O2/c1-11-10-14(22)20-16(19-11)17(2)8-5-9-21(17)15(23)12-6-3-4-7-13(12)18/h3-4,6-7,10H,5,8-9H2,1-2H3,(H,19,20,22). The monoisotopic (exact) mass is 315 g/mol. The Morgan fingerprint density at radius 2 is 2.13 bits per heavy atom. The van der Waals surface area contributed by atoms with Crippen molar-refractivity contribution in [2.24, 2.45) is 0 Å². The third-order valence-corrected chi connectivity index (χ3v) is 4.37. The number of hydrogen-bond donors (Lipinski definition) is 1. The number of likely N-dealkylation sites (tertiary alicyclic amines) is 1. The van der Waals surface area contributed by atoms with Crippen molar-refractivity contribution in [1.82, 2.24) is 14.9 Å². The van der Waals surface area contributed by atoms with Crippen LogP contribution in [0.5, 0.6) is 0 Å². The topological polar surface area (TPSA) is 66.1 Å². The van der Waals surface area contributed by atoms with Gasteiger partial charge in [-0.3, -0.25) is 9.59 Å². The fourth-order valence-electron chi connectivity index (χ4n) is 3.15. The molecule has 1 atom stereocenters. The smallest absolute Gasteiger partial charge is 0.257 e. The molecular weight excluding hydrogens is 297 g/mol. The molecule has 1 fully saturated rings. The first kappa shape index (κ1) is 15.4. The van der Waals surface area contributed by atoms with Crippen LogP contribution in [0.15, 0.2) is 35.1 Å². The molecule has 5 nitrogen and oxygen atoms in total. The van der Waals surface area contributed by atoms with Crippen LogP contribution in [0, 0.1) is 12.7 Å². The van der Waals surface area contributed by atoms with Crippen LogP contribution >= 0.6 is 0 Å². The second-order valence-electron chi connectivity index (χ2n) is 6.05. The average molecular weight is 315 g/mol. The van der Waals surface area contributed by atoms with Gasteiger partial charge in [0, 0.05) is 18.3 Å². The second-order valence-corrected chi connectivity index (χ2v) is 6.05. The number of benzene rings is 1. The summed E-state index contributed by atoms with van der Waals surface area (Å²) in [6.07, 6.45) is 1.44. The first-order chi connectivity index (χ1) is 10.9. The summed E-state index contributed by atoms with van der Waals surface area (Å²) in [7, 11) is 0. The highest BCUT2D eigenvalue weighted by molar-refractivity contribution is 5.95. The van der Waals surface area contributed by atoms with E-state index in [2.05, 4.69) is 9.97 Å². The fraction of sp³-hybridized carbons (Fsp3) is 0.353. The quantitative estimate of drug-likeness (QED) is 0.925. The fourth-order valence-corrected chi connectivity index (χ4v) is 3.15. The molecule has 0 radical (unpaired) electrons. The molecule has 1 amide bonds. The van der Waals surface area contributed by atoms with Gasteiger partial charge in [-0.15, -0.1) is 0 Å². The second kappa shape index (κ2) is 5.61. The van der Waals surface area contributed by atoms with Gasteiger partial charge in [-0.05, 0) is 38.8 Å². The van der Waals surface area contributed by atoms with Crippen LogP contribution in [-0.2, 0) is 5.54 Å². The van der Waals surface area contributed by atoms with Gasteiger partial charge in [-0.2, -0.15) is 0 Å². The highest BCUT2D eigenvalue weighted by Crippen LogP contribution is 2.37. The SMILES string of the molecule is Cc1cc(=O)[nH]c(C2(C)CCCN2C(=O)c2ccccc2F)n1. The zero-order valence-electron chi connectivity index (χ0n) is 13.1. The van der Waals surface area contributed by atoms with Crippen LogP contribution in [0.25, 0.3) is 0 Å². The Morgan fingerprint density at radius 1 is 1.39 bits per heavy atom. The minimum atomic E-state index is -0.745. The summed E-state index contributed by atoms with van der Waals surface area (Å²) in [5, 5.41) is 0. The Kier molecular flexibility index (Phi) is 3.75. The molecule has 1 unspecified atom stereocenters. The van der Waals surface area contributed by atoms with E-state index in [0.29, 0.717) is 24.5 Å². The lowest BCUT2D eigenvalue weighted by Gasteiger charge is -2.34. The molecule has 3 rings (SSSR count). The van der Waals surface area contributed by atoms with Gasteiger partial charge in [0.05, 0.1) is 11.1 Å². The summed E-state index contributed by atoms with van der Waals surface area (Å²) < 4.78 is 14.0. The van der Waals surface area contributed by atoms with Crippen LogP contribution in [0.1, 0.15) is 41.6 Å². The number of aromatic nitrogens is 2. The first-order valence-corrected chi connectivity index (χ1v) is 7.57. The number of carbonyl (C=O) groups excluding carboxylic acids is 1. The van der Waals surface area contributed by atoms with Crippen molar-refractivity contribution in [3.05, 3.63) is 63.6 Å². The van der Waals surface area contributed by atoms with E-state index in [1.54, 1.807) is 24.0 Å². The van der Waals surface area contributed by atoms with Crippen molar-refractivity contribution in [1.29, 1.82) is 0 Å². The van der Waals surface area contributed by atoms with E-state index in [9.17, 15) is 14.0 Å². The summed E-state index contributed by atoms with van der Waals surface area (Å²) >= 11 is 0. The van der Waals surface area contributed by atoms with Crippen molar-refractivity contribution >= 4 is 5.91 Å². The molecule has 0 bridgehead atoms. The van der Waals surface area contributed by atoms with Gasteiger partial charge in [0.1, 0.15) is 11.6 Å². The number of H-pyrrole nitrogens is 1. The number of rotatable bonds is 2. The molecule has 1 aliphatic heterocycles. The molecule has 6 heteroatoms. The number of carbonyl (C=O) groups is 1. The van der Waals surface area contributed by atoms with Gasteiger partial charge >= 0.3 is 0 Å². The molecule has 1 aromatic carbocycles. The normalized spacial score (nSPS) is 20.7. The van der Waals surface area contributed by atoms with Gasteiger partial charge in [-0.1, -0.05) is 12.1 Å². The molecule has 120 valence electrons. The molecule has 1 N–H and O–H groups in total. The number of halogens is 1. The van der Waals surface area contributed by atoms with Gasteiger partial charge in [0.25, 0.3) is 11.5 Å². The third kappa shape index (κ3) is 2.65. The summed E-state index contributed by atoms with van der Waals surface area (Å²) in [5.41, 5.74) is -0.366. The molecule has 1 aromatic heterocycles. The average Bonchev–Trinajstić information content (AvgIpc) is 2.89. The van der Waals surface area contributed by atoms with E-state index in [0.717, 1.165) is 6.42 Å². The molecule has 0 aliphatic carbocycles. The summed E-state index contributed by atoms with van der Waals surface area (Å²) in [6, 6.07) is 7.34. The zero-order chi connectivity index (χ0) is 16.6. The Balaban J connectivity index is 2.04. The van der Waals surface area contributed by atoms with Crippen LogP contribution in [0.3, 0.4) is 0 Å². The van der Waals surface area contributed by atoms with Crippen molar-refractivity contribution in [3.63, 3.8) is 0 Å². The molecular formula is C17H18FN3O2. The largest absolute Gasteiger partial charge is 0.326 e. The van der Waals surface area contributed by atoms with Crippen molar-refractivity contribution in [2.75, 3.05) is 6.54 Å². The van der Waals surface area contributed by atoms with Gasteiger partial charge < -0.3 is 9.88 Å². The van der Waals surface area contributed by atoms with Gasteiger partial charge in [0.2, 0.25) is 0 Å². The summed E-state index contributed by atoms with van der Waals surface area (Å²) in [6.45, 7) is 4.10. The first-order valence-electron chi connectivity index (χ1n) is 7.57. The molecule has 2 heterocycles. The lowest BCUT2D eigenvalue weighted by molar-refractivity contribution is 0.0598. The predicted molar refractivity (Wildman–Crippen MR) is 83.6 cm³/mol. The lowest BCUT2D eigenvalue weighted by atomic mass is 9.96. The highest BCUT2D eigenvalue weighted by Gasteiger charge is 2.43. The number of amides is 1. The van der Waals surface area contributed by atoms with Crippen LogP contribution in [0.2, 0.25) is 0 Å². The van der Waals surface area contributed by atoms with E-state index in [1.807, 2.05) is 6.92 Å². The van der Waals surface area contributed by atoms with E-state index in [-0.39, 0.29) is 17.0 Å². The summed E-state index contributed by atoms with van der Waals surface area (Å²) in [4.78, 5) is 33.3. The molecule has 1 saturated heterocycles. The maximum absolute atomic E-state index is 14.0. The number of hydrogen-bond acceptors (Lipinski definition) is 3. The Hall–Kier alpha value is -2.50. The molecule has 23 heavy (non-hydrogen) atoms. The van der Waals surface area contributed by atoms with Crippen LogP contribution in [-0.4, -0.2) is 27.3 Å². The van der Waals surface area contributed by atoms with Crippen molar-refractivity contribution < 1.29 is 9.18 Å². The number of nitrogens with zero attached hydrogens (tertiary/aromatic N) is 2. The minimum Gasteiger partial charge on any atom is -0.326 e. The van der Waals surface area contributed by atoms with E-state index in [4.69, 9.17) is 0 Å². The van der Waals surface area contributed by atoms with E-state index >= 15 is 0 Å². The Morgan fingerprint density at radius 3 is 2.83 bits per heavy atom. The minimum absolute atomic E-state index is 0.0376. The van der Waals surface area contributed by atoms with Gasteiger partial charge in [0.15, 0.2) is 0 Å². The summed E-state index contributed by atoms with van der Waals surface area (Å²) in [5.74, 6) is -0.477. The molecule has 0 saturated carbocycles. The Labute approximate surface area is 133 Å². The van der Waals surface area contributed by atoms with Gasteiger partial charge in [-0.25, -0.2) is 9.37 Å². The third-order valence-electron chi connectivity index (χ3n) is 4.37. The molecule has 1 aliphatic rings. The molecule has 2 aromatic rings. The number of aromatic amines is 1. The Bertz CT molecular complexity index is 817. The highest BCUT2D eigenvalue weighted by atomic mass is 19.1. The zero-order valence-corrected chi connectivity index (χ0v) is 13.1. The number of aryl methyl sites for hydroxylation is 1. The van der Waals surface area contributed by atoms with Crippen molar-refractivity contribution in [2.45, 2.75) is 32.2 Å². The van der Waals surface area contributed by atoms with Crippen LogP contribution in [0.4, 0.5) is 4.39 Å². The van der Waals surface area contributed by atoms with E-state index in [1.165, 1.54) is 18.2 Å². The van der Waals surface area contributed by atoms with Crippen molar-refractivity contribution in [3.8, 4) is 0 Å². The molecule has 0 spiro atoms. The maximum atomic E-state index is 14.0. The van der Waals surface area contributed by atoms with E-state index < -0.39 is 11.4 Å². The maximum Gasteiger partial charge on any atom is 0.257 e. The van der Waals surface area contributed by atoms with Crippen LogP contribution < -0.4 is 5.56 Å².